The molecule has 11 rings (SSSR count). The van der Waals surface area contributed by atoms with E-state index < -0.39 is 0 Å². The van der Waals surface area contributed by atoms with Gasteiger partial charge in [-0.15, -0.1) is 11.8 Å². The van der Waals surface area contributed by atoms with Crippen LogP contribution in [0.4, 0.5) is 0 Å². The summed E-state index contributed by atoms with van der Waals surface area (Å²) in [6.07, 6.45) is 3.48. The minimum Gasteiger partial charge on any atom is -0.496 e. The van der Waals surface area contributed by atoms with Gasteiger partial charge in [0, 0.05) is 89.2 Å². The molecular formula is C41H38N4OS. The van der Waals surface area contributed by atoms with E-state index in [1.165, 1.54) is 122 Å². The van der Waals surface area contributed by atoms with Gasteiger partial charge in [0.25, 0.3) is 0 Å². The zero-order chi connectivity index (χ0) is 32.1. The average molecular weight is 635 g/mol. The highest BCUT2D eigenvalue weighted by atomic mass is 32.2. The first-order chi connectivity index (χ1) is 22.7. The van der Waals surface area contributed by atoms with Crippen molar-refractivity contribution in [3.63, 3.8) is 0 Å². The number of thioether (sulfide) groups is 1. The summed E-state index contributed by atoms with van der Waals surface area (Å²) < 4.78 is 6.62. The molecular weight excluding hydrogens is 597 g/mol. The topological polar surface area (TPSA) is 49.8 Å². The summed E-state index contributed by atoms with van der Waals surface area (Å²) in [5.74, 6) is 2.51. The maximum absolute atomic E-state index is 6.62. The highest BCUT2D eigenvalue weighted by molar-refractivity contribution is 7.99. The molecule has 6 heteroatoms. The molecule has 0 saturated heterocycles. The summed E-state index contributed by atoms with van der Waals surface area (Å²) in [5, 5.41) is 11.1. The maximum atomic E-state index is 6.62. The number of benzene rings is 3. The molecule has 1 aromatic heterocycles. The Morgan fingerprint density at radius 3 is 2.47 bits per heavy atom. The number of aryl methyl sites for hydroxylation is 3. The van der Waals surface area contributed by atoms with Crippen molar-refractivity contribution in [2.24, 2.45) is 10.9 Å². The standard InChI is InChI=1S/C41H38N4OS/c1-10-18-38(42-6)20-12-22(45(7)8)28-31-26(20)36-30-24(17(5)43-39(18)36)41-27-21(13-47-41)44-37-16(4)15(3)19-11-14(2)23(40(28)46-9)29-25(19)35(37)32(27)34(30)33(29)31/h11-12,18,30-31,41-42H,10,13H2,1-9H3. The van der Waals surface area contributed by atoms with Crippen LogP contribution in [0.25, 0.3) is 38.2 Å². The molecule has 3 heterocycles. The predicted octanol–water partition coefficient (Wildman–Crippen LogP) is 8.76. The zero-order valence-corrected chi connectivity index (χ0v) is 29.4. The van der Waals surface area contributed by atoms with Gasteiger partial charge >= 0.3 is 0 Å². The lowest BCUT2D eigenvalue weighted by Crippen LogP contribution is -2.43. The number of rotatable bonds is 4. The van der Waals surface area contributed by atoms with Crippen LogP contribution in [0.2, 0.25) is 0 Å². The van der Waals surface area contributed by atoms with Gasteiger partial charge in [0.05, 0.1) is 29.3 Å². The van der Waals surface area contributed by atoms with Crippen LogP contribution in [-0.4, -0.2) is 43.8 Å². The molecule has 0 spiro atoms. The highest BCUT2D eigenvalue weighted by Gasteiger charge is 2.56. The molecule has 1 N–H and O–H groups in total. The van der Waals surface area contributed by atoms with Gasteiger partial charge in [-0.3, -0.25) is 9.98 Å². The number of fused-ring (bicyclic) bond motifs is 1. The third-order valence-electron chi connectivity index (χ3n) is 12.8. The Bertz CT molecular complexity index is 2500. The summed E-state index contributed by atoms with van der Waals surface area (Å²) in [6, 6.07) is 2.45. The Labute approximate surface area is 279 Å². The molecule has 0 saturated carbocycles. The SMILES string of the molecule is CCC1C2=NC(C)=C3C4SCc5nc6c(C)c(C)c7cc(C)c8c9c%10c(c(c54)c6c79)C3C2=C2C(=C1NC)C=C(N(C)C)C(=C8OC)C2%10. The van der Waals surface area contributed by atoms with E-state index >= 15 is 0 Å². The molecule has 4 unspecified atom stereocenters. The van der Waals surface area contributed by atoms with Crippen LogP contribution in [0.1, 0.15) is 82.0 Å². The van der Waals surface area contributed by atoms with Crippen molar-refractivity contribution < 1.29 is 4.74 Å². The van der Waals surface area contributed by atoms with Crippen molar-refractivity contribution in [2.75, 3.05) is 28.3 Å². The summed E-state index contributed by atoms with van der Waals surface area (Å²) in [5.41, 5.74) is 24.5. The molecule has 0 amide bonds. The monoisotopic (exact) mass is 634 g/mol. The van der Waals surface area contributed by atoms with E-state index in [0.717, 1.165) is 17.9 Å². The fourth-order valence-corrected chi connectivity index (χ4v) is 12.5. The summed E-state index contributed by atoms with van der Waals surface area (Å²) in [6.45, 7) is 11.5. The molecule has 3 aromatic carbocycles. The number of ether oxygens (including phenoxy) is 1. The van der Waals surface area contributed by atoms with Crippen molar-refractivity contribution in [1.29, 1.82) is 0 Å². The second-order valence-electron chi connectivity index (χ2n) is 14.8. The highest BCUT2D eigenvalue weighted by Crippen LogP contribution is 2.71. The molecule has 0 radical (unpaired) electrons. The normalized spacial score (nSPS) is 25.8. The summed E-state index contributed by atoms with van der Waals surface area (Å²) >= 11 is 2.08. The molecule has 2 aliphatic heterocycles. The third kappa shape index (κ3) is 2.65. The number of aromatic nitrogens is 1. The minimum absolute atomic E-state index is 0.0753. The van der Waals surface area contributed by atoms with Crippen LogP contribution in [0.5, 0.6) is 0 Å². The van der Waals surface area contributed by atoms with E-state index in [1.54, 1.807) is 5.56 Å². The lowest BCUT2D eigenvalue weighted by Gasteiger charge is -2.52. The van der Waals surface area contributed by atoms with E-state index in [9.17, 15) is 0 Å². The molecule has 4 atom stereocenters. The first-order valence-corrected chi connectivity index (χ1v) is 18.2. The van der Waals surface area contributed by atoms with Crippen molar-refractivity contribution in [1.82, 2.24) is 15.2 Å². The molecule has 0 fully saturated rings. The van der Waals surface area contributed by atoms with Crippen molar-refractivity contribution in [3.05, 3.63) is 102 Å². The quantitative estimate of drug-likeness (QED) is 0.228. The van der Waals surface area contributed by atoms with Gasteiger partial charge in [-0.2, -0.15) is 0 Å². The first kappa shape index (κ1) is 27.0. The molecule has 0 bridgehead atoms. The molecule has 234 valence electrons. The number of likely N-dealkylation sites (N-methyl/N-ethyl adjacent to an activating group) is 1. The van der Waals surface area contributed by atoms with Gasteiger partial charge in [0.2, 0.25) is 0 Å². The second kappa shape index (κ2) is 8.33. The smallest absolute Gasteiger partial charge is 0.133 e. The number of aliphatic imine (C=N–C) groups is 1. The average Bonchev–Trinajstić information content (AvgIpc) is 3.49. The third-order valence-corrected chi connectivity index (χ3v) is 14.1. The number of pyridine rings is 1. The van der Waals surface area contributed by atoms with Crippen LogP contribution >= 0.6 is 11.8 Å². The molecule has 7 aliphatic rings. The Kier molecular flexibility index (Phi) is 4.78. The summed E-state index contributed by atoms with van der Waals surface area (Å²) in [7, 11) is 8.38. The largest absolute Gasteiger partial charge is 0.496 e. The number of nitrogens with one attached hydrogen (secondary N) is 1. The van der Waals surface area contributed by atoms with Crippen LogP contribution in [-0.2, 0) is 10.5 Å². The molecule has 47 heavy (non-hydrogen) atoms. The van der Waals surface area contributed by atoms with Crippen LogP contribution < -0.4 is 5.32 Å². The lowest BCUT2D eigenvalue weighted by molar-refractivity contribution is 0.361. The first-order valence-electron chi connectivity index (χ1n) is 17.2. The van der Waals surface area contributed by atoms with E-state index in [2.05, 4.69) is 89.9 Å². The summed E-state index contributed by atoms with van der Waals surface area (Å²) in [4.78, 5) is 13.5. The number of hydrogen-bond acceptors (Lipinski definition) is 6. The van der Waals surface area contributed by atoms with E-state index in [4.69, 9.17) is 14.7 Å². The minimum atomic E-state index is 0.0753. The molecule has 4 aromatic rings. The van der Waals surface area contributed by atoms with E-state index in [1.807, 2.05) is 7.11 Å². The maximum Gasteiger partial charge on any atom is 0.133 e. The fraction of sp³-hybridized carbons (Fsp3) is 0.366. The van der Waals surface area contributed by atoms with E-state index in [-0.39, 0.29) is 17.8 Å². The van der Waals surface area contributed by atoms with Crippen molar-refractivity contribution in [2.45, 2.75) is 63.9 Å². The predicted molar refractivity (Wildman–Crippen MR) is 194 cm³/mol. The number of allylic oxidation sites excluding steroid dienone is 7. The fourth-order valence-electron chi connectivity index (χ4n) is 11.1. The number of hydrogen-bond donors (Lipinski definition) is 1. The molecule has 5 aliphatic carbocycles. The van der Waals surface area contributed by atoms with Gasteiger partial charge in [-0.05, 0) is 106 Å². The number of methoxy groups -OCH3 is 1. The van der Waals surface area contributed by atoms with Crippen LogP contribution in [0.3, 0.4) is 0 Å². The van der Waals surface area contributed by atoms with Crippen LogP contribution in [0.15, 0.2) is 62.1 Å². The van der Waals surface area contributed by atoms with Crippen molar-refractivity contribution >= 4 is 55.7 Å². The Morgan fingerprint density at radius 1 is 0.957 bits per heavy atom. The van der Waals surface area contributed by atoms with Gasteiger partial charge in [-0.1, -0.05) is 13.0 Å². The van der Waals surface area contributed by atoms with Crippen molar-refractivity contribution in [3.8, 4) is 0 Å². The Balaban J connectivity index is 1.49. The van der Waals surface area contributed by atoms with Gasteiger partial charge in [0.1, 0.15) is 5.76 Å². The van der Waals surface area contributed by atoms with Crippen LogP contribution in [0, 0.1) is 26.7 Å². The zero-order valence-electron chi connectivity index (χ0n) is 28.5. The van der Waals surface area contributed by atoms with Gasteiger partial charge < -0.3 is 15.0 Å². The lowest BCUT2D eigenvalue weighted by atomic mass is 9.53. The Morgan fingerprint density at radius 2 is 1.74 bits per heavy atom. The van der Waals surface area contributed by atoms with E-state index in [0.29, 0.717) is 5.25 Å². The van der Waals surface area contributed by atoms with Gasteiger partial charge in [0.15, 0.2) is 0 Å². The second-order valence-corrected chi connectivity index (χ2v) is 15.9. The van der Waals surface area contributed by atoms with Gasteiger partial charge in [-0.25, -0.2) is 0 Å². The Hall–Kier alpha value is -4.03. The number of nitrogens with zero attached hydrogens (tertiary/aromatic N) is 3. The molecule has 5 nitrogen and oxygen atoms in total.